The van der Waals surface area contributed by atoms with Gasteiger partial charge in [0.25, 0.3) is 0 Å². The number of hydrogen-bond donors (Lipinski definition) is 2. The smallest absolute Gasteiger partial charge is 0.166 e. The van der Waals surface area contributed by atoms with Gasteiger partial charge < -0.3 is 10.6 Å². The average Bonchev–Trinajstić information content (AvgIpc) is 2.63. The lowest BCUT2D eigenvalue weighted by Gasteiger charge is -2.21. The zero-order chi connectivity index (χ0) is 17.4. The molecule has 25 heavy (non-hydrogen) atoms. The van der Waals surface area contributed by atoms with Crippen molar-refractivity contribution in [2.45, 2.75) is 16.3 Å². The Bertz CT molecular complexity index is 959. The summed E-state index contributed by atoms with van der Waals surface area (Å²) in [6.45, 7) is -0.141. The van der Waals surface area contributed by atoms with Crippen LogP contribution in [-0.2, 0) is 6.54 Å². The Morgan fingerprint density at radius 2 is 1.60 bits per heavy atom. The van der Waals surface area contributed by atoms with E-state index in [0.717, 1.165) is 33.3 Å². The van der Waals surface area contributed by atoms with Gasteiger partial charge in [-0.05, 0) is 42.5 Å². The standard InChI is InChI=1S/C19H13F3N2S/c20-13-6-7-14(21)19(22)12(13)10-23-11-5-8-18-16(9-11)24-15-3-1-2-4-17(15)25-18/h1-9,23-24H,10H2. The highest BCUT2D eigenvalue weighted by Gasteiger charge is 2.16. The summed E-state index contributed by atoms with van der Waals surface area (Å²) in [4.78, 5) is 2.20. The van der Waals surface area contributed by atoms with E-state index in [1.165, 1.54) is 0 Å². The third kappa shape index (κ3) is 3.05. The summed E-state index contributed by atoms with van der Waals surface area (Å²) in [6, 6.07) is 15.3. The molecule has 0 amide bonds. The first kappa shape index (κ1) is 15.9. The first-order valence-corrected chi connectivity index (χ1v) is 8.47. The number of hydrogen-bond acceptors (Lipinski definition) is 3. The van der Waals surface area contributed by atoms with Crippen molar-refractivity contribution in [3.8, 4) is 0 Å². The molecule has 6 heteroatoms. The highest BCUT2D eigenvalue weighted by Crippen LogP contribution is 2.44. The van der Waals surface area contributed by atoms with Crippen LogP contribution < -0.4 is 10.6 Å². The fourth-order valence-electron chi connectivity index (χ4n) is 2.67. The zero-order valence-electron chi connectivity index (χ0n) is 12.9. The maximum absolute atomic E-state index is 13.7. The quantitative estimate of drug-likeness (QED) is 0.444. The molecule has 0 atom stereocenters. The predicted molar refractivity (Wildman–Crippen MR) is 93.9 cm³/mol. The zero-order valence-corrected chi connectivity index (χ0v) is 13.8. The van der Waals surface area contributed by atoms with Gasteiger partial charge in [-0.2, -0.15) is 0 Å². The van der Waals surface area contributed by atoms with E-state index in [4.69, 9.17) is 0 Å². The topological polar surface area (TPSA) is 24.1 Å². The molecule has 1 aliphatic heterocycles. The summed E-state index contributed by atoms with van der Waals surface area (Å²) in [5, 5.41) is 6.29. The molecule has 3 aromatic carbocycles. The van der Waals surface area contributed by atoms with E-state index in [9.17, 15) is 13.2 Å². The van der Waals surface area contributed by atoms with Gasteiger partial charge in [0.15, 0.2) is 11.6 Å². The number of halogens is 3. The second kappa shape index (κ2) is 6.37. The third-order valence-corrected chi connectivity index (χ3v) is 5.12. The average molecular weight is 358 g/mol. The van der Waals surface area contributed by atoms with E-state index in [0.29, 0.717) is 5.69 Å². The van der Waals surface area contributed by atoms with Gasteiger partial charge in [0.2, 0.25) is 0 Å². The van der Waals surface area contributed by atoms with Crippen LogP contribution in [0.3, 0.4) is 0 Å². The molecule has 0 aliphatic carbocycles. The Morgan fingerprint density at radius 1 is 0.840 bits per heavy atom. The lowest BCUT2D eigenvalue weighted by molar-refractivity contribution is 0.482. The number of rotatable bonds is 3. The Morgan fingerprint density at radius 3 is 2.48 bits per heavy atom. The first-order chi connectivity index (χ1) is 12.1. The number of nitrogens with one attached hydrogen (secondary N) is 2. The van der Waals surface area contributed by atoms with E-state index < -0.39 is 17.5 Å². The van der Waals surface area contributed by atoms with Crippen molar-refractivity contribution < 1.29 is 13.2 Å². The third-order valence-electron chi connectivity index (χ3n) is 3.96. The van der Waals surface area contributed by atoms with Gasteiger partial charge in [0.05, 0.1) is 11.4 Å². The molecule has 2 N–H and O–H groups in total. The molecule has 0 spiro atoms. The van der Waals surface area contributed by atoms with Crippen molar-refractivity contribution in [1.82, 2.24) is 0 Å². The van der Waals surface area contributed by atoms with Crippen LogP contribution in [0.2, 0.25) is 0 Å². The van der Waals surface area contributed by atoms with Crippen molar-refractivity contribution in [2.75, 3.05) is 10.6 Å². The Kier molecular flexibility index (Phi) is 4.05. The molecule has 0 bridgehead atoms. The minimum absolute atomic E-state index is 0.141. The van der Waals surface area contributed by atoms with Crippen molar-refractivity contribution in [3.63, 3.8) is 0 Å². The van der Waals surface area contributed by atoms with Gasteiger partial charge in [0.1, 0.15) is 5.82 Å². The predicted octanol–water partition coefficient (Wildman–Crippen LogP) is 5.92. The Balaban J connectivity index is 1.55. The van der Waals surface area contributed by atoms with Crippen LogP contribution >= 0.6 is 11.8 Å². The fraction of sp³-hybridized carbons (Fsp3) is 0.0526. The molecular formula is C19H13F3N2S. The molecular weight excluding hydrogens is 345 g/mol. The minimum Gasteiger partial charge on any atom is -0.381 e. The summed E-state index contributed by atoms with van der Waals surface area (Å²) in [5.41, 5.74) is 2.30. The first-order valence-electron chi connectivity index (χ1n) is 7.66. The summed E-state index contributed by atoms with van der Waals surface area (Å²) >= 11 is 1.65. The summed E-state index contributed by atoms with van der Waals surface area (Å²) in [7, 11) is 0. The van der Waals surface area contributed by atoms with Crippen LogP contribution in [-0.4, -0.2) is 0 Å². The maximum atomic E-state index is 13.7. The van der Waals surface area contributed by atoms with Crippen molar-refractivity contribution in [3.05, 3.63) is 77.6 Å². The van der Waals surface area contributed by atoms with E-state index in [1.54, 1.807) is 11.8 Å². The summed E-state index contributed by atoms with van der Waals surface area (Å²) in [5.74, 6) is -2.99. The van der Waals surface area contributed by atoms with Gasteiger partial charge in [-0.15, -0.1) is 0 Å². The normalized spacial score (nSPS) is 12.1. The second-order valence-electron chi connectivity index (χ2n) is 5.61. The molecule has 4 rings (SSSR count). The molecule has 126 valence electrons. The summed E-state index contributed by atoms with van der Waals surface area (Å²) in [6.07, 6.45) is 0. The molecule has 0 saturated carbocycles. The van der Waals surface area contributed by atoms with Crippen molar-refractivity contribution in [1.29, 1.82) is 0 Å². The van der Waals surface area contributed by atoms with E-state index in [1.807, 2.05) is 42.5 Å². The highest BCUT2D eigenvalue weighted by molar-refractivity contribution is 7.99. The number of anilines is 3. The van der Waals surface area contributed by atoms with Crippen LogP contribution in [0.1, 0.15) is 5.56 Å². The van der Waals surface area contributed by atoms with Crippen molar-refractivity contribution >= 4 is 28.8 Å². The molecule has 0 radical (unpaired) electrons. The largest absolute Gasteiger partial charge is 0.381 e. The molecule has 0 fully saturated rings. The van der Waals surface area contributed by atoms with Gasteiger partial charge in [-0.1, -0.05) is 23.9 Å². The van der Waals surface area contributed by atoms with Gasteiger partial charge in [-0.25, -0.2) is 13.2 Å². The van der Waals surface area contributed by atoms with E-state index >= 15 is 0 Å². The fourth-order valence-corrected chi connectivity index (χ4v) is 3.64. The van der Waals surface area contributed by atoms with E-state index in [2.05, 4.69) is 10.6 Å². The number of fused-ring (bicyclic) bond motifs is 2. The highest BCUT2D eigenvalue weighted by atomic mass is 32.2. The molecule has 1 aliphatic rings. The number of benzene rings is 3. The van der Waals surface area contributed by atoms with Crippen LogP contribution in [0.5, 0.6) is 0 Å². The van der Waals surface area contributed by atoms with Crippen molar-refractivity contribution in [2.24, 2.45) is 0 Å². The number of para-hydroxylation sites is 1. The van der Waals surface area contributed by atoms with Crippen LogP contribution in [0.4, 0.5) is 30.2 Å². The molecule has 0 unspecified atom stereocenters. The van der Waals surface area contributed by atoms with Crippen LogP contribution in [0.25, 0.3) is 0 Å². The SMILES string of the molecule is Fc1ccc(F)c(CNc2ccc3c(c2)Nc2ccccc2S3)c1F. The lowest BCUT2D eigenvalue weighted by Crippen LogP contribution is -2.07. The Hall–Kier alpha value is -2.60. The summed E-state index contributed by atoms with van der Waals surface area (Å²) < 4.78 is 40.7. The maximum Gasteiger partial charge on any atom is 0.166 e. The van der Waals surface area contributed by atoms with Gasteiger partial charge in [-0.3, -0.25) is 0 Å². The molecule has 3 aromatic rings. The second-order valence-corrected chi connectivity index (χ2v) is 6.69. The monoisotopic (exact) mass is 358 g/mol. The molecule has 0 aromatic heterocycles. The van der Waals surface area contributed by atoms with Gasteiger partial charge >= 0.3 is 0 Å². The molecule has 2 nitrogen and oxygen atoms in total. The molecule has 0 saturated heterocycles. The van der Waals surface area contributed by atoms with E-state index in [-0.39, 0.29) is 12.1 Å². The van der Waals surface area contributed by atoms with Crippen LogP contribution in [0, 0.1) is 17.5 Å². The Labute approximate surface area is 147 Å². The van der Waals surface area contributed by atoms with Gasteiger partial charge in [0, 0.05) is 27.6 Å². The lowest BCUT2D eigenvalue weighted by atomic mass is 10.1. The minimum atomic E-state index is -1.16. The molecule has 1 heterocycles. The van der Waals surface area contributed by atoms with Crippen LogP contribution in [0.15, 0.2) is 64.4 Å².